The number of likely N-dealkylation sites (tertiary alicyclic amines) is 1. The maximum Gasteiger partial charge on any atom is 0.573 e. The Morgan fingerprint density at radius 1 is 1.09 bits per heavy atom. The number of amides is 2. The number of carbonyl (C=O) groups is 2. The molecular weight excluding hydrogens is 423 g/mol. The highest BCUT2D eigenvalue weighted by molar-refractivity contribution is 5.94. The topological polar surface area (TPSA) is 70.7 Å². The molecule has 2 heterocycles. The number of benzene rings is 2. The average molecular weight is 447 g/mol. The van der Waals surface area contributed by atoms with Crippen LogP contribution >= 0.6 is 0 Å². The molecular formula is C23H24F3N3O3. The zero-order valence-corrected chi connectivity index (χ0v) is 17.4. The maximum absolute atomic E-state index is 12.4. The Balaban J connectivity index is 1.25. The molecule has 0 aromatic heterocycles. The number of nitrogens with zero attached hydrogens (tertiary/aromatic N) is 1. The monoisotopic (exact) mass is 447 g/mol. The summed E-state index contributed by atoms with van der Waals surface area (Å²) in [6.07, 6.45) is -1.90. The molecule has 1 fully saturated rings. The summed E-state index contributed by atoms with van der Waals surface area (Å²) >= 11 is 0. The first kappa shape index (κ1) is 22.1. The number of fused-ring (bicyclic) bond motifs is 1. The third-order valence-corrected chi connectivity index (χ3v) is 5.75. The van der Waals surface area contributed by atoms with Gasteiger partial charge in [-0.15, -0.1) is 13.2 Å². The van der Waals surface area contributed by atoms with Gasteiger partial charge in [-0.3, -0.25) is 14.5 Å². The van der Waals surface area contributed by atoms with E-state index in [-0.39, 0.29) is 29.2 Å². The van der Waals surface area contributed by atoms with Gasteiger partial charge < -0.3 is 15.4 Å². The lowest BCUT2D eigenvalue weighted by atomic mass is 9.99. The normalized spacial score (nSPS) is 17.4. The molecule has 6 nitrogen and oxygen atoms in total. The van der Waals surface area contributed by atoms with Crippen molar-refractivity contribution in [2.75, 3.05) is 18.4 Å². The van der Waals surface area contributed by atoms with Crippen molar-refractivity contribution in [2.24, 2.45) is 0 Å². The van der Waals surface area contributed by atoms with Gasteiger partial charge in [0.15, 0.2) is 0 Å². The van der Waals surface area contributed by atoms with Crippen molar-refractivity contribution >= 4 is 17.5 Å². The summed E-state index contributed by atoms with van der Waals surface area (Å²) < 4.78 is 40.6. The molecule has 2 aliphatic rings. The molecule has 0 saturated carbocycles. The van der Waals surface area contributed by atoms with Crippen molar-refractivity contribution in [3.8, 4) is 5.75 Å². The first-order valence-electron chi connectivity index (χ1n) is 10.6. The van der Waals surface area contributed by atoms with Crippen molar-refractivity contribution in [1.82, 2.24) is 10.2 Å². The minimum atomic E-state index is -4.76. The quantitative estimate of drug-likeness (QED) is 0.730. The lowest BCUT2D eigenvalue weighted by molar-refractivity contribution is -0.274. The molecule has 0 radical (unpaired) electrons. The van der Waals surface area contributed by atoms with E-state index >= 15 is 0 Å². The average Bonchev–Trinajstić information content (AvgIpc) is 2.74. The lowest BCUT2D eigenvalue weighted by Crippen LogP contribution is -2.44. The molecule has 0 atom stereocenters. The fourth-order valence-electron chi connectivity index (χ4n) is 4.09. The van der Waals surface area contributed by atoms with Crippen LogP contribution in [0.1, 0.15) is 40.7 Å². The van der Waals surface area contributed by atoms with Gasteiger partial charge >= 0.3 is 6.36 Å². The van der Waals surface area contributed by atoms with Crippen LogP contribution in [0.4, 0.5) is 18.9 Å². The molecule has 9 heteroatoms. The highest BCUT2D eigenvalue weighted by Gasteiger charge is 2.31. The largest absolute Gasteiger partial charge is 0.573 e. The van der Waals surface area contributed by atoms with Crippen molar-refractivity contribution in [2.45, 2.75) is 44.6 Å². The van der Waals surface area contributed by atoms with Gasteiger partial charge in [0.2, 0.25) is 5.91 Å². The molecule has 1 saturated heterocycles. The molecule has 0 bridgehead atoms. The minimum Gasteiger partial charge on any atom is -0.406 e. The number of halogens is 3. The van der Waals surface area contributed by atoms with Crippen LogP contribution in [0.2, 0.25) is 0 Å². The number of hydrogen-bond donors (Lipinski definition) is 2. The summed E-state index contributed by atoms with van der Waals surface area (Å²) in [5.41, 5.74) is 3.48. The summed E-state index contributed by atoms with van der Waals surface area (Å²) in [4.78, 5) is 26.3. The Hall–Kier alpha value is -3.07. The van der Waals surface area contributed by atoms with Crippen LogP contribution < -0.4 is 15.4 Å². The van der Waals surface area contributed by atoms with Crippen LogP contribution in [0.5, 0.6) is 5.75 Å². The predicted molar refractivity (Wildman–Crippen MR) is 112 cm³/mol. The van der Waals surface area contributed by atoms with Crippen molar-refractivity contribution in [3.63, 3.8) is 0 Å². The minimum absolute atomic E-state index is 0.00710. The second kappa shape index (κ2) is 9.20. The summed E-state index contributed by atoms with van der Waals surface area (Å²) in [7, 11) is 0. The fourth-order valence-corrected chi connectivity index (χ4v) is 4.09. The first-order valence-corrected chi connectivity index (χ1v) is 10.6. The van der Waals surface area contributed by atoms with Gasteiger partial charge in [0, 0.05) is 43.3 Å². The van der Waals surface area contributed by atoms with E-state index in [1.807, 2.05) is 6.07 Å². The number of rotatable bonds is 5. The number of carbonyl (C=O) groups excluding carboxylic acids is 2. The van der Waals surface area contributed by atoms with Gasteiger partial charge in [0.25, 0.3) is 5.91 Å². The van der Waals surface area contributed by atoms with Gasteiger partial charge in [-0.25, -0.2) is 0 Å². The van der Waals surface area contributed by atoms with Gasteiger partial charge in [-0.05, 0) is 60.7 Å². The molecule has 0 aliphatic carbocycles. The first-order chi connectivity index (χ1) is 15.2. The van der Waals surface area contributed by atoms with E-state index in [2.05, 4.69) is 32.4 Å². The zero-order valence-electron chi connectivity index (χ0n) is 17.4. The number of ether oxygens (including phenoxy) is 1. The molecule has 2 N–H and O–H groups in total. The third kappa shape index (κ3) is 5.79. The number of nitrogens with one attached hydrogen (secondary N) is 2. The second-order valence-electron chi connectivity index (χ2n) is 8.14. The molecule has 2 amide bonds. The van der Waals surface area contributed by atoms with E-state index in [4.69, 9.17) is 0 Å². The highest BCUT2D eigenvalue weighted by Crippen LogP contribution is 2.25. The predicted octanol–water partition coefficient (Wildman–Crippen LogP) is 3.86. The molecule has 170 valence electrons. The summed E-state index contributed by atoms with van der Waals surface area (Å²) in [5, 5.41) is 5.88. The van der Waals surface area contributed by atoms with Crippen LogP contribution in [0, 0.1) is 0 Å². The highest BCUT2D eigenvalue weighted by atomic mass is 19.4. The van der Waals surface area contributed by atoms with Crippen LogP contribution in [0.25, 0.3) is 0 Å². The molecule has 0 unspecified atom stereocenters. The van der Waals surface area contributed by atoms with Gasteiger partial charge in [0.1, 0.15) is 5.75 Å². The Morgan fingerprint density at radius 2 is 1.81 bits per heavy atom. The molecule has 2 aromatic rings. The van der Waals surface area contributed by atoms with Crippen molar-refractivity contribution in [1.29, 1.82) is 0 Å². The van der Waals surface area contributed by atoms with E-state index < -0.39 is 6.36 Å². The van der Waals surface area contributed by atoms with E-state index in [1.165, 1.54) is 12.1 Å². The standard InChI is InChI=1S/C23H24F3N3O3/c24-23(25,26)32-19-6-3-17(4-7-19)22(31)27-18-9-11-29(12-10-18)14-15-1-2-16-5-8-21(30)28-20(16)13-15/h1-4,6-7,13,18H,5,8-12,14H2,(H,27,31)(H,28,30). The van der Waals surface area contributed by atoms with E-state index in [0.717, 1.165) is 67.8 Å². The lowest BCUT2D eigenvalue weighted by Gasteiger charge is -2.32. The Morgan fingerprint density at radius 3 is 2.50 bits per heavy atom. The second-order valence-corrected chi connectivity index (χ2v) is 8.14. The van der Waals surface area contributed by atoms with Crippen LogP contribution in [0.15, 0.2) is 42.5 Å². The maximum atomic E-state index is 12.4. The number of hydrogen-bond acceptors (Lipinski definition) is 4. The zero-order chi connectivity index (χ0) is 22.7. The van der Waals surface area contributed by atoms with E-state index in [9.17, 15) is 22.8 Å². The number of piperidine rings is 1. The number of anilines is 1. The van der Waals surface area contributed by atoms with Crippen LogP contribution in [-0.2, 0) is 17.8 Å². The Labute approximate surface area is 183 Å². The van der Waals surface area contributed by atoms with Crippen molar-refractivity contribution in [3.05, 3.63) is 59.2 Å². The molecule has 2 aromatic carbocycles. The van der Waals surface area contributed by atoms with Gasteiger partial charge in [-0.1, -0.05) is 12.1 Å². The van der Waals surface area contributed by atoms with Crippen LogP contribution in [0.3, 0.4) is 0 Å². The summed E-state index contributed by atoms with van der Waals surface area (Å²) in [5.74, 6) is -0.620. The summed E-state index contributed by atoms with van der Waals surface area (Å²) in [6.45, 7) is 2.39. The fraction of sp³-hybridized carbons (Fsp3) is 0.391. The van der Waals surface area contributed by atoms with E-state index in [0.29, 0.717) is 6.42 Å². The molecule has 0 spiro atoms. The third-order valence-electron chi connectivity index (χ3n) is 5.75. The molecule has 4 rings (SSSR count). The SMILES string of the molecule is O=C1CCc2ccc(CN3CCC(NC(=O)c4ccc(OC(F)(F)F)cc4)CC3)cc2N1. The Bertz CT molecular complexity index is 984. The van der Waals surface area contributed by atoms with E-state index in [1.54, 1.807) is 0 Å². The van der Waals surface area contributed by atoms with Crippen molar-refractivity contribution < 1.29 is 27.5 Å². The smallest absolute Gasteiger partial charge is 0.406 e. The number of alkyl halides is 3. The van der Waals surface area contributed by atoms with Gasteiger partial charge in [0.05, 0.1) is 0 Å². The number of aryl methyl sites for hydroxylation is 1. The molecule has 32 heavy (non-hydrogen) atoms. The van der Waals surface area contributed by atoms with Gasteiger partial charge in [-0.2, -0.15) is 0 Å². The Kier molecular flexibility index (Phi) is 6.36. The van der Waals surface area contributed by atoms with Crippen LogP contribution in [-0.4, -0.2) is 42.2 Å². The molecule has 2 aliphatic heterocycles. The summed E-state index contributed by atoms with van der Waals surface area (Å²) in [6, 6.07) is 11.1.